The second kappa shape index (κ2) is 7.49. The Balaban J connectivity index is 1.63. The number of ether oxygens (including phenoxy) is 1. The summed E-state index contributed by atoms with van der Waals surface area (Å²) in [5, 5.41) is 0.0904. The minimum absolute atomic E-state index is 0.0904. The van der Waals surface area contributed by atoms with Crippen molar-refractivity contribution in [3.05, 3.63) is 82.6 Å². The zero-order valence-corrected chi connectivity index (χ0v) is 13.7. The van der Waals surface area contributed by atoms with Crippen LogP contribution in [0.15, 0.2) is 60.7 Å². The fourth-order valence-electron chi connectivity index (χ4n) is 2.69. The summed E-state index contributed by atoms with van der Waals surface area (Å²) in [6, 6.07) is 14.2. The van der Waals surface area contributed by atoms with Gasteiger partial charge in [-0.2, -0.15) is 0 Å². The Morgan fingerprint density at radius 1 is 1.21 bits per heavy atom. The summed E-state index contributed by atoms with van der Waals surface area (Å²) in [5.74, 6) is -0.433. The summed E-state index contributed by atoms with van der Waals surface area (Å²) < 4.78 is 19.4. The summed E-state index contributed by atoms with van der Waals surface area (Å²) in [4.78, 5) is 13.9. The molecule has 1 atom stereocenters. The lowest BCUT2D eigenvalue weighted by atomic mass is 10.1. The first-order valence-electron chi connectivity index (χ1n) is 7.72. The van der Waals surface area contributed by atoms with E-state index >= 15 is 0 Å². The lowest BCUT2D eigenvalue weighted by Gasteiger charge is -2.24. The van der Waals surface area contributed by atoms with Crippen molar-refractivity contribution in [3.8, 4) is 0 Å². The highest BCUT2D eigenvalue weighted by molar-refractivity contribution is 6.30. The average molecular weight is 346 g/mol. The maximum absolute atomic E-state index is 14.1. The maximum Gasteiger partial charge on any atom is 0.410 e. The molecule has 3 rings (SSSR count). The monoisotopic (exact) mass is 345 g/mol. The van der Waals surface area contributed by atoms with Gasteiger partial charge in [0.2, 0.25) is 0 Å². The normalized spacial score (nSPS) is 16.4. The van der Waals surface area contributed by atoms with Crippen molar-refractivity contribution in [1.29, 1.82) is 0 Å². The van der Waals surface area contributed by atoms with Crippen molar-refractivity contribution in [2.75, 3.05) is 6.54 Å². The van der Waals surface area contributed by atoms with Crippen LogP contribution in [0.4, 0.5) is 9.18 Å². The van der Waals surface area contributed by atoms with E-state index in [9.17, 15) is 9.18 Å². The van der Waals surface area contributed by atoms with Crippen LogP contribution in [0, 0.1) is 5.82 Å². The van der Waals surface area contributed by atoms with Crippen molar-refractivity contribution >= 4 is 17.7 Å². The lowest BCUT2D eigenvalue weighted by Crippen LogP contribution is -2.37. The van der Waals surface area contributed by atoms with Gasteiger partial charge in [0, 0.05) is 6.54 Å². The number of carbonyl (C=O) groups excluding carboxylic acids is 1. The summed E-state index contributed by atoms with van der Waals surface area (Å²) in [6.45, 7) is 0.675. The molecule has 1 unspecified atom stereocenters. The summed E-state index contributed by atoms with van der Waals surface area (Å²) >= 11 is 5.82. The lowest BCUT2D eigenvalue weighted by molar-refractivity contribution is 0.0949. The van der Waals surface area contributed by atoms with E-state index in [4.69, 9.17) is 16.3 Å². The largest absolute Gasteiger partial charge is 0.445 e. The molecule has 2 aromatic rings. The van der Waals surface area contributed by atoms with Gasteiger partial charge in [-0.05, 0) is 23.6 Å². The molecule has 0 saturated carbocycles. The van der Waals surface area contributed by atoms with Gasteiger partial charge in [-0.3, -0.25) is 4.90 Å². The SMILES string of the molecule is O=C(OCc1ccccc1)N1CC=CC1Cc1cccc(Cl)c1F. The molecule has 0 aromatic heterocycles. The van der Waals surface area contributed by atoms with Crippen LogP contribution in [-0.2, 0) is 17.8 Å². The molecule has 0 fully saturated rings. The van der Waals surface area contributed by atoms with Crippen LogP contribution in [0.3, 0.4) is 0 Å². The van der Waals surface area contributed by atoms with Crippen LogP contribution in [-0.4, -0.2) is 23.6 Å². The quantitative estimate of drug-likeness (QED) is 0.758. The number of hydrogen-bond donors (Lipinski definition) is 0. The van der Waals surface area contributed by atoms with E-state index in [2.05, 4.69) is 0 Å². The molecular weight excluding hydrogens is 329 g/mol. The zero-order valence-electron chi connectivity index (χ0n) is 13.0. The summed E-state index contributed by atoms with van der Waals surface area (Å²) in [5.41, 5.74) is 1.41. The van der Waals surface area contributed by atoms with E-state index in [1.165, 1.54) is 6.07 Å². The minimum Gasteiger partial charge on any atom is -0.445 e. The maximum atomic E-state index is 14.1. The van der Waals surface area contributed by atoms with E-state index in [1.54, 1.807) is 17.0 Å². The first-order chi connectivity index (χ1) is 11.6. The van der Waals surface area contributed by atoms with Gasteiger partial charge in [-0.15, -0.1) is 0 Å². The molecule has 1 aliphatic rings. The molecule has 2 aromatic carbocycles. The Kier molecular flexibility index (Phi) is 5.16. The molecule has 1 heterocycles. The van der Waals surface area contributed by atoms with Crippen molar-refractivity contribution in [3.63, 3.8) is 0 Å². The number of benzene rings is 2. The van der Waals surface area contributed by atoms with Crippen LogP contribution in [0.1, 0.15) is 11.1 Å². The molecule has 1 aliphatic heterocycles. The first kappa shape index (κ1) is 16.5. The van der Waals surface area contributed by atoms with Crippen molar-refractivity contribution in [1.82, 2.24) is 4.90 Å². The van der Waals surface area contributed by atoms with Gasteiger partial charge in [0.05, 0.1) is 11.1 Å². The molecule has 0 bridgehead atoms. The highest BCUT2D eigenvalue weighted by atomic mass is 35.5. The second-order valence-electron chi connectivity index (χ2n) is 5.61. The third-order valence-corrected chi connectivity index (χ3v) is 4.25. The molecule has 0 radical (unpaired) electrons. The van der Waals surface area contributed by atoms with E-state index < -0.39 is 11.9 Å². The predicted octanol–water partition coefficient (Wildman–Crippen LogP) is 4.60. The average Bonchev–Trinajstić information content (AvgIpc) is 3.06. The van der Waals surface area contributed by atoms with Crippen molar-refractivity contribution < 1.29 is 13.9 Å². The van der Waals surface area contributed by atoms with E-state index in [-0.39, 0.29) is 17.7 Å². The van der Waals surface area contributed by atoms with Crippen molar-refractivity contribution in [2.45, 2.75) is 19.1 Å². The van der Waals surface area contributed by atoms with Gasteiger partial charge >= 0.3 is 6.09 Å². The topological polar surface area (TPSA) is 29.5 Å². The molecule has 3 nitrogen and oxygen atoms in total. The summed E-state index contributed by atoms with van der Waals surface area (Å²) in [7, 11) is 0. The minimum atomic E-state index is -0.433. The molecule has 0 N–H and O–H groups in total. The number of nitrogens with zero attached hydrogens (tertiary/aromatic N) is 1. The summed E-state index contributed by atoms with van der Waals surface area (Å²) in [6.07, 6.45) is 3.74. The molecule has 0 aliphatic carbocycles. The van der Waals surface area contributed by atoms with Crippen LogP contribution >= 0.6 is 11.6 Å². The Morgan fingerprint density at radius 3 is 2.79 bits per heavy atom. The number of rotatable bonds is 4. The van der Waals surface area contributed by atoms with Gasteiger partial charge in [-0.25, -0.2) is 9.18 Å². The molecule has 5 heteroatoms. The molecule has 0 spiro atoms. The van der Waals surface area contributed by atoms with Gasteiger partial charge in [-0.1, -0.05) is 66.2 Å². The van der Waals surface area contributed by atoms with E-state index in [0.29, 0.717) is 18.5 Å². The van der Waals surface area contributed by atoms with Crippen molar-refractivity contribution in [2.24, 2.45) is 0 Å². The molecule has 0 saturated heterocycles. The highest BCUT2D eigenvalue weighted by Crippen LogP contribution is 2.23. The standard InChI is InChI=1S/C19H17ClFNO2/c20-17-10-4-8-15(18(17)21)12-16-9-5-11-22(16)19(23)24-13-14-6-2-1-3-7-14/h1-10,16H,11-13H2. The van der Waals surface area contributed by atoms with Gasteiger partial charge in [0.15, 0.2) is 0 Å². The van der Waals surface area contributed by atoms with Gasteiger partial charge in [0.1, 0.15) is 12.4 Å². The van der Waals surface area contributed by atoms with Crippen LogP contribution in [0.2, 0.25) is 5.02 Å². The Morgan fingerprint density at radius 2 is 2.00 bits per heavy atom. The Bertz CT molecular complexity index is 748. The molecule has 124 valence electrons. The fraction of sp³-hybridized carbons (Fsp3) is 0.211. The number of amides is 1. The Labute approximate surface area is 145 Å². The highest BCUT2D eigenvalue weighted by Gasteiger charge is 2.27. The molecule has 24 heavy (non-hydrogen) atoms. The number of hydrogen-bond acceptors (Lipinski definition) is 2. The van der Waals surface area contributed by atoms with Gasteiger partial charge < -0.3 is 4.74 Å². The van der Waals surface area contributed by atoms with E-state index in [1.807, 2.05) is 42.5 Å². The third-order valence-electron chi connectivity index (χ3n) is 3.96. The third kappa shape index (κ3) is 3.77. The first-order valence-corrected chi connectivity index (χ1v) is 8.10. The second-order valence-corrected chi connectivity index (χ2v) is 6.01. The van der Waals surface area contributed by atoms with Gasteiger partial charge in [0.25, 0.3) is 0 Å². The fourth-order valence-corrected chi connectivity index (χ4v) is 2.89. The van der Waals surface area contributed by atoms with Crippen LogP contribution < -0.4 is 0 Å². The zero-order chi connectivity index (χ0) is 16.9. The Hall–Kier alpha value is -2.33. The smallest absolute Gasteiger partial charge is 0.410 e. The van der Waals surface area contributed by atoms with Crippen LogP contribution in [0.5, 0.6) is 0 Å². The predicted molar refractivity (Wildman–Crippen MR) is 91.4 cm³/mol. The number of carbonyl (C=O) groups is 1. The molecule has 1 amide bonds. The van der Waals surface area contributed by atoms with E-state index in [0.717, 1.165) is 5.56 Å². The van der Waals surface area contributed by atoms with Crippen LogP contribution in [0.25, 0.3) is 0 Å². The number of halogens is 2. The molecular formula is C19H17ClFNO2.